The minimum absolute atomic E-state index is 0.170. The molecule has 2 aromatic heterocycles. The fourth-order valence-electron chi connectivity index (χ4n) is 3.37. The first kappa shape index (κ1) is 21.9. The summed E-state index contributed by atoms with van der Waals surface area (Å²) in [7, 11) is 1.60. The second kappa shape index (κ2) is 8.94. The van der Waals surface area contributed by atoms with Gasteiger partial charge in [0, 0.05) is 31.3 Å². The molecule has 1 aliphatic carbocycles. The van der Waals surface area contributed by atoms with Crippen molar-refractivity contribution >= 4 is 11.6 Å². The number of rotatable bonds is 6. The maximum atomic E-state index is 14.3. The number of ether oxygens (including phenoxy) is 1. The number of aromatic nitrogens is 3. The van der Waals surface area contributed by atoms with E-state index in [-0.39, 0.29) is 23.1 Å². The lowest BCUT2D eigenvalue weighted by atomic mass is 10.1. The zero-order chi connectivity index (χ0) is 21.9. The largest absolute Gasteiger partial charge is 0.390 e. The summed E-state index contributed by atoms with van der Waals surface area (Å²) in [6, 6.07) is 1.09. The predicted octanol–water partition coefficient (Wildman–Crippen LogP) is 2.46. The quantitative estimate of drug-likeness (QED) is 0.558. The van der Waals surface area contributed by atoms with Crippen LogP contribution in [0, 0.1) is 17.8 Å². The van der Waals surface area contributed by atoms with E-state index < -0.39 is 23.9 Å². The molecule has 160 valence electrons. The number of hydrogen-bond donors (Lipinski definition) is 2. The number of carbonyl (C=O) groups is 1. The molecule has 30 heavy (non-hydrogen) atoms. The van der Waals surface area contributed by atoms with E-state index in [1.54, 1.807) is 37.1 Å². The molecular formula is C22H27FN4O3. The van der Waals surface area contributed by atoms with Crippen molar-refractivity contribution in [3.8, 4) is 11.8 Å². The van der Waals surface area contributed by atoms with Crippen molar-refractivity contribution in [2.75, 3.05) is 12.4 Å². The van der Waals surface area contributed by atoms with Crippen LogP contribution >= 0.6 is 0 Å². The molecule has 0 aliphatic heterocycles. The maximum absolute atomic E-state index is 14.3. The Labute approximate surface area is 175 Å². The van der Waals surface area contributed by atoms with E-state index in [0.717, 1.165) is 0 Å². The lowest BCUT2D eigenvalue weighted by Crippen LogP contribution is -2.32. The van der Waals surface area contributed by atoms with Crippen molar-refractivity contribution in [1.29, 1.82) is 0 Å². The topological polar surface area (TPSA) is 89.3 Å². The van der Waals surface area contributed by atoms with Crippen LogP contribution < -0.4 is 5.32 Å². The van der Waals surface area contributed by atoms with E-state index in [0.29, 0.717) is 18.5 Å². The standard InChI is InChI=1S/C22H27FN4O3/c1-14-10-17(18(23)19(14)28)26-21-16(11-24-13-25-21)20(29)15-6-9-27(12-15)8-5-7-22(2,3)30-4/h6,9,11-14,17-19,28H,8,10H2,1-4H3,(H,24,25,26)/t14-,17-,18-,19-/m1/s1. The number of anilines is 1. The van der Waals surface area contributed by atoms with Crippen LogP contribution in [0.4, 0.5) is 10.2 Å². The van der Waals surface area contributed by atoms with E-state index in [2.05, 4.69) is 27.1 Å². The molecule has 0 bridgehead atoms. The first-order valence-electron chi connectivity index (χ1n) is 9.86. The average Bonchev–Trinajstić information content (AvgIpc) is 3.29. The number of carbonyl (C=O) groups excluding carboxylic acids is 1. The highest BCUT2D eigenvalue weighted by atomic mass is 19.1. The molecule has 2 N–H and O–H groups in total. The van der Waals surface area contributed by atoms with Crippen LogP contribution in [0.25, 0.3) is 0 Å². The van der Waals surface area contributed by atoms with Gasteiger partial charge in [-0.2, -0.15) is 0 Å². The molecule has 0 radical (unpaired) electrons. The van der Waals surface area contributed by atoms with E-state index >= 15 is 0 Å². The smallest absolute Gasteiger partial charge is 0.199 e. The summed E-state index contributed by atoms with van der Waals surface area (Å²) in [5, 5.41) is 12.9. The van der Waals surface area contributed by atoms with Crippen LogP contribution in [0.5, 0.6) is 0 Å². The van der Waals surface area contributed by atoms with E-state index in [1.165, 1.54) is 12.5 Å². The van der Waals surface area contributed by atoms with Gasteiger partial charge in [-0.1, -0.05) is 18.8 Å². The van der Waals surface area contributed by atoms with Crippen molar-refractivity contribution in [2.24, 2.45) is 5.92 Å². The summed E-state index contributed by atoms with van der Waals surface area (Å²) in [5.74, 6) is 5.87. The van der Waals surface area contributed by atoms with Gasteiger partial charge >= 0.3 is 0 Å². The Morgan fingerprint density at radius 3 is 2.93 bits per heavy atom. The van der Waals surface area contributed by atoms with Crippen LogP contribution in [-0.2, 0) is 11.3 Å². The van der Waals surface area contributed by atoms with E-state index in [4.69, 9.17) is 4.74 Å². The van der Waals surface area contributed by atoms with Gasteiger partial charge in [-0.3, -0.25) is 4.79 Å². The number of alkyl halides is 1. The third kappa shape index (κ3) is 4.86. The van der Waals surface area contributed by atoms with Crippen LogP contribution in [0.3, 0.4) is 0 Å². The fraction of sp³-hybridized carbons (Fsp3) is 0.500. The Hall–Kier alpha value is -2.76. The Morgan fingerprint density at radius 1 is 1.50 bits per heavy atom. The maximum Gasteiger partial charge on any atom is 0.199 e. The molecule has 4 atom stereocenters. The number of hydrogen-bond acceptors (Lipinski definition) is 6. The minimum Gasteiger partial charge on any atom is -0.390 e. The Morgan fingerprint density at radius 2 is 2.27 bits per heavy atom. The summed E-state index contributed by atoms with van der Waals surface area (Å²) >= 11 is 0. The fourth-order valence-corrected chi connectivity index (χ4v) is 3.37. The first-order valence-corrected chi connectivity index (χ1v) is 9.86. The Bertz CT molecular complexity index is 963. The summed E-state index contributed by atoms with van der Waals surface area (Å²) in [6.07, 6.45) is 4.19. The van der Waals surface area contributed by atoms with Gasteiger partial charge in [0.2, 0.25) is 0 Å². The van der Waals surface area contributed by atoms with E-state index in [1.807, 2.05) is 13.8 Å². The predicted molar refractivity (Wildman–Crippen MR) is 111 cm³/mol. The van der Waals surface area contributed by atoms with E-state index in [9.17, 15) is 14.3 Å². The first-order chi connectivity index (χ1) is 14.2. The van der Waals surface area contributed by atoms with Gasteiger partial charge in [0.05, 0.1) is 24.3 Å². The highest BCUT2D eigenvalue weighted by Gasteiger charge is 2.41. The molecule has 2 aromatic rings. The van der Waals surface area contributed by atoms with Gasteiger partial charge in [-0.05, 0) is 32.3 Å². The SMILES string of the molecule is COC(C)(C)C#CCn1ccc(C(=O)c2cncnc2N[C@@H]2C[C@@H](C)[C@@H](O)[C@@H]2F)c1. The summed E-state index contributed by atoms with van der Waals surface area (Å²) in [4.78, 5) is 21.1. The highest BCUT2D eigenvalue weighted by Crippen LogP contribution is 2.31. The van der Waals surface area contributed by atoms with Crippen LogP contribution in [0.2, 0.25) is 0 Å². The van der Waals surface area contributed by atoms with Crippen molar-refractivity contribution < 1.29 is 19.0 Å². The molecule has 8 heteroatoms. The molecule has 3 rings (SSSR count). The second-order valence-corrected chi connectivity index (χ2v) is 8.10. The number of nitrogens with one attached hydrogen (secondary N) is 1. The summed E-state index contributed by atoms with van der Waals surface area (Å²) in [5.41, 5.74) is 0.174. The van der Waals surface area contributed by atoms with Crippen molar-refractivity contribution in [3.05, 3.63) is 42.1 Å². The Kier molecular flexibility index (Phi) is 6.54. The molecule has 1 saturated carbocycles. The molecule has 7 nitrogen and oxygen atoms in total. The average molecular weight is 414 g/mol. The summed E-state index contributed by atoms with van der Waals surface area (Å²) < 4.78 is 21.4. The molecule has 0 amide bonds. The lowest BCUT2D eigenvalue weighted by molar-refractivity contribution is 0.0725. The molecule has 0 aromatic carbocycles. The van der Waals surface area contributed by atoms with Crippen molar-refractivity contribution in [3.63, 3.8) is 0 Å². The number of methoxy groups -OCH3 is 1. The van der Waals surface area contributed by atoms with Crippen LogP contribution in [0.1, 0.15) is 43.1 Å². The molecule has 1 aliphatic rings. The number of nitrogens with zero attached hydrogens (tertiary/aromatic N) is 3. The van der Waals surface area contributed by atoms with Gasteiger partial charge in [0.25, 0.3) is 0 Å². The van der Waals surface area contributed by atoms with Crippen molar-refractivity contribution in [1.82, 2.24) is 14.5 Å². The molecule has 0 saturated heterocycles. The zero-order valence-electron chi connectivity index (χ0n) is 17.6. The number of aliphatic hydroxyl groups is 1. The van der Waals surface area contributed by atoms with Gasteiger partial charge in [-0.15, -0.1) is 0 Å². The minimum atomic E-state index is -1.42. The van der Waals surface area contributed by atoms with Crippen LogP contribution in [0.15, 0.2) is 31.0 Å². The molecular weight excluding hydrogens is 387 g/mol. The molecule has 0 unspecified atom stereocenters. The normalized spacial score (nSPS) is 23.7. The third-order valence-electron chi connectivity index (χ3n) is 5.37. The summed E-state index contributed by atoms with van der Waals surface area (Å²) in [6.45, 7) is 5.96. The zero-order valence-corrected chi connectivity index (χ0v) is 17.6. The lowest BCUT2D eigenvalue weighted by Gasteiger charge is -2.18. The number of aliphatic hydroxyl groups excluding tert-OH is 1. The van der Waals surface area contributed by atoms with Crippen LogP contribution in [-0.4, -0.2) is 56.5 Å². The molecule has 0 spiro atoms. The highest BCUT2D eigenvalue weighted by molar-refractivity contribution is 6.11. The van der Waals surface area contributed by atoms with Gasteiger partial charge < -0.3 is 19.7 Å². The molecule has 1 fully saturated rings. The van der Waals surface area contributed by atoms with Crippen molar-refractivity contribution in [2.45, 2.75) is 57.7 Å². The van der Waals surface area contributed by atoms with Gasteiger partial charge in [0.15, 0.2) is 5.78 Å². The number of halogens is 1. The Balaban J connectivity index is 1.75. The van der Waals surface area contributed by atoms with Gasteiger partial charge in [0.1, 0.15) is 23.9 Å². The number of ketones is 1. The monoisotopic (exact) mass is 414 g/mol. The van der Waals surface area contributed by atoms with Gasteiger partial charge in [-0.25, -0.2) is 14.4 Å². The second-order valence-electron chi connectivity index (χ2n) is 8.10. The molecule has 2 heterocycles. The third-order valence-corrected chi connectivity index (χ3v) is 5.37.